The van der Waals surface area contributed by atoms with Gasteiger partial charge in [0, 0.05) is 6.42 Å². The van der Waals surface area contributed by atoms with Gasteiger partial charge in [-0.25, -0.2) is 9.59 Å². The van der Waals surface area contributed by atoms with Gasteiger partial charge in [0.2, 0.25) is 5.54 Å². The molecular formula is C18H16F3NO4. The molecule has 0 aliphatic carbocycles. The van der Waals surface area contributed by atoms with Crippen LogP contribution in [0, 0.1) is 0 Å². The Balaban J connectivity index is 2.20. The maximum atomic E-state index is 13.6. The number of ether oxygens (including phenoxy) is 1. The summed E-state index contributed by atoms with van der Waals surface area (Å²) in [7, 11) is 0. The minimum Gasteiger partial charge on any atom is -0.479 e. The van der Waals surface area contributed by atoms with Crippen LogP contribution in [-0.2, 0) is 22.6 Å². The third kappa shape index (κ3) is 4.53. The highest BCUT2D eigenvalue weighted by Crippen LogP contribution is 2.34. The molecule has 2 rings (SSSR count). The van der Waals surface area contributed by atoms with Crippen molar-refractivity contribution in [1.29, 1.82) is 0 Å². The van der Waals surface area contributed by atoms with Gasteiger partial charge in [-0.2, -0.15) is 13.2 Å². The van der Waals surface area contributed by atoms with Gasteiger partial charge in [0.25, 0.3) is 0 Å². The van der Waals surface area contributed by atoms with Crippen molar-refractivity contribution in [2.24, 2.45) is 0 Å². The molecule has 2 aromatic carbocycles. The van der Waals surface area contributed by atoms with Crippen LogP contribution in [0.4, 0.5) is 18.0 Å². The minimum absolute atomic E-state index is 0.107. The standard InChI is InChI=1S/C18H16F3NO4/c19-18(20,21)17(15(23)24,11-13-7-3-1-4-8-13)22-16(25)26-12-14-9-5-2-6-10-14/h1-10H,11-12H2,(H,22,25)(H,23,24)/t17-/m0/s1. The predicted octanol–water partition coefficient (Wildman–Crippen LogP) is 3.54. The van der Waals surface area contributed by atoms with Gasteiger partial charge in [-0.3, -0.25) is 5.32 Å². The smallest absolute Gasteiger partial charge is 0.422 e. The van der Waals surface area contributed by atoms with Crippen molar-refractivity contribution in [2.75, 3.05) is 0 Å². The number of carbonyl (C=O) groups is 2. The Morgan fingerprint density at radius 1 is 0.923 bits per heavy atom. The molecule has 0 heterocycles. The Morgan fingerprint density at radius 2 is 1.42 bits per heavy atom. The number of carboxylic acids is 1. The van der Waals surface area contributed by atoms with Gasteiger partial charge in [0.1, 0.15) is 6.61 Å². The maximum Gasteiger partial charge on any atom is 0.422 e. The van der Waals surface area contributed by atoms with E-state index in [0.29, 0.717) is 5.56 Å². The second-order valence-electron chi connectivity index (χ2n) is 5.56. The SMILES string of the molecule is O=C(N[C@@](Cc1ccccc1)(C(=O)O)C(F)(F)F)OCc1ccccc1. The summed E-state index contributed by atoms with van der Waals surface area (Å²) < 4.78 is 45.5. The van der Waals surface area contributed by atoms with E-state index in [1.165, 1.54) is 29.6 Å². The number of hydrogen-bond acceptors (Lipinski definition) is 3. The van der Waals surface area contributed by atoms with Gasteiger partial charge in [-0.15, -0.1) is 0 Å². The highest BCUT2D eigenvalue weighted by Gasteiger charge is 2.62. The minimum atomic E-state index is -5.24. The molecule has 0 saturated carbocycles. The molecule has 0 bridgehead atoms. The summed E-state index contributed by atoms with van der Waals surface area (Å²) in [6.07, 6.45) is -7.67. The molecule has 0 aliphatic rings. The fraction of sp³-hybridized carbons (Fsp3) is 0.222. The summed E-state index contributed by atoms with van der Waals surface area (Å²) in [4.78, 5) is 23.4. The van der Waals surface area contributed by atoms with E-state index in [0.717, 1.165) is 0 Å². The highest BCUT2D eigenvalue weighted by atomic mass is 19.4. The van der Waals surface area contributed by atoms with Crippen LogP contribution in [0.2, 0.25) is 0 Å². The number of nitrogens with one attached hydrogen (secondary N) is 1. The number of aliphatic carboxylic acids is 1. The molecule has 1 atom stereocenters. The Labute approximate surface area is 147 Å². The van der Waals surface area contributed by atoms with E-state index < -0.39 is 30.2 Å². The number of halogens is 3. The second-order valence-corrected chi connectivity index (χ2v) is 5.56. The number of amides is 1. The lowest BCUT2D eigenvalue weighted by Crippen LogP contribution is -2.65. The van der Waals surface area contributed by atoms with Crippen molar-refractivity contribution >= 4 is 12.1 Å². The fourth-order valence-corrected chi connectivity index (χ4v) is 2.30. The molecule has 26 heavy (non-hydrogen) atoms. The van der Waals surface area contributed by atoms with Crippen molar-refractivity contribution in [2.45, 2.75) is 24.7 Å². The average Bonchev–Trinajstić information content (AvgIpc) is 2.60. The highest BCUT2D eigenvalue weighted by molar-refractivity contribution is 5.85. The molecular weight excluding hydrogens is 351 g/mol. The molecule has 0 aliphatic heterocycles. The van der Waals surface area contributed by atoms with E-state index in [1.54, 1.807) is 36.4 Å². The third-order valence-electron chi connectivity index (χ3n) is 3.69. The van der Waals surface area contributed by atoms with Crippen molar-refractivity contribution in [3.05, 3.63) is 71.8 Å². The van der Waals surface area contributed by atoms with Gasteiger partial charge in [0.05, 0.1) is 0 Å². The Kier molecular flexibility index (Phi) is 5.86. The molecule has 2 aromatic rings. The summed E-state index contributed by atoms with van der Waals surface area (Å²) in [5.74, 6) is -2.22. The summed E-state index contributed by atoms with van der Waals surface area (Å²) in [6, 6.07) is 15.5. The van der Waals surface area contributed by atoms with E-state index in [-0.39, 0.29) is 12.2 Å². The van der Waals surface area contributed by atoms with Crippen LogP contribution in [-0.4, -0.2) is 28.9 Å². The van der Waals surface area contributed by atoms with Crippen LogP contribution in [0.15, 0.2) is 60.7 Å². The number of rotatable bonds is 6. The summed E-state index contributed by atoms with van der Waals surface area (Å²) in [5.41, 5.74) is -2.84. The zero-order valence-corrected chi connectivity index (χ0v) is 13.5. The van der Waals surface area contributed by atoms with E-state index >= 15 is 0 Å². The molecule has 138 valence electrons. The van der Waals surface area contributed by atoms with Crippen molar-refractivity contribution in [3.63, 3.8) is 0 Å². The lowest BCUT2D eigenvalue weighted by atomic mass is 9.90. The number of benzene rings is 2. The number of alkyl halides is 3. The molecule has 0 spiro atoms. The summed E-state index contributed by atoms with van der Waals surface area (Å²) in [6.45, 7) is -0.286. The number of alkyl carbamates (subject to hydrolysis) is 1. The van der Waals surface area contributed by atoms with Gasteiger partial charge < -0.3 is 9.84 Å². The van der Waals surface area contributed by atoms with Crippen LogP contribution in [0.3, 0.4) is 0 Å². The first-order valence-corrected chi connectivity index (χ1v) is 7.57. The van der Waals surface area contributed by atoms with E-state index in [9.17, 15) is 27.9 Å². The van der Waals surface area contributed by atoms with Crippen molar-refractivity contribution in [1.82, 2.24) is 5.32 Å². The van der Waals surface area contributed by atoms with Gasteiger partial charge in [-0.05, 0) is 11.1 Å². The number of hydrogen-bond donors (Lipinski definition) is 2. The molecule has 2 N–H and O–H groups in total. The first kappa shape index (κ1) is 19.3. The molecule has 0 radical (unpaired) electrons. The van der Waals surface area contributed by atoms with Crippen molar-refractivity contribution < 1.29 is 32.6 Å². The largest absolute Gasteiger partial charge is 0.479 e. The maximum absolute atomic E-state index is 13.6. The lowest BCUT2D eigenvalue weighted by Gasteiger charge is -2.32. The van der Waals surface area contributed by atoms with E-state index in [1.807, 2.05) is 0 Å². The van der Waals surface area contributed by atoms with Crippen LogP contribution < -0.4 is 5.32 Å². The molecule has 0 saturated heterocycles. The zero-order chi connectivity index (χ0) is 19.2. The van der Waals surface area contributed by atoms with Gasteiger partial charge >= 0.3 is 18.2 Å². The van der Waals surface area contributed by atoms with E-state index in [2.05, 4.69) is 0 Å². The Morgan fingerprint density at radius 3 is 1.88 bits per heavy atom. The lowest BCUT2D eigenvalue weighted by molar-refractivity contribution is -0.208. The fourth-order valence-electron chi connectivity index (χ4n) is 2.30. The van der Waals surface area contributed by atoms with E-state index in [4.69, 9.17) is 4.74 Å². The normalized spacial score (nSPS) is 13.5. The van der Waals surface area contributed by atoms with Gasteiger partial charge in [0.15, 0.2) is 0 Å². The summed E-state index contributed by atoms with van der Waals surface area (Å²) >= 11 is 0. The number of carboxylic acid groups (broad SMARTS) is 1. The molecule has 0 fully saturated rings. The van der Waals surface area contributed by atoms with Gasteiger partial charge in [-0.1, -0.05) is 60.7 Å². The predicted molar refractivity (Wildman–Crippen MR) is 86.3 cm³/mol. The topological polar surface area (TPSA) is 75.6 Å². The molecule has 1 amide bonds. The van der Waals surface area contributed by atoms with Crippen LogP contribution in [0.25, 0.3) is 0 Å². The molecule has 0 aromatic heterocycles. The quantitative estimate of drug-likeness (QED) is 0.819. The Hall–Kier alpha value is -3.03. The van der Waals surface area contributed by atoms with Crippen LogP contribution >= 0.6 is 0 Å². The first-order chi connectivity index (χ1) is 12.2. The summed E-state index contributed by atoms with van der Waals surface area (Å²) in [5, 5.41) is 10.8. The average molecular weight is 367 g/mol. The third-order valence-corrected chi connectivity index (χ3v) is 3.69. The van der Waals surface area contributed by atoms with Crippen LogP contribution in [0.5, 0.6) is 0 Å². The molecule has 0 unspecified atom stereocenters. The molecule has 5 nitrogen and oxygen atoms in total. The first-order valence-electron chi connectivity index (χ1n) is 7.57. The Bertz CT molecular complexity index is 750. The second kappa shape index (κ2) is 7.90. The monoisotopic (exact) mass is 367 g/mol. The molecule has 8 heteroatoms. The van der Waals surface area contributed by atoms with Crippen molar-refractivity contribution in [3.8, 4) is 0 Å². The zero-order valence-electron chi connectivity index (χ0n) is 13.5. The number of carbonyl (C=O) groups excluding carboxylic acids is 1. The van der Waals surface area contributed by atoms with Crippen LogP contribution in [0.1, 0.15) is 11.1 Å².